The van der Waals surface area contributed by atoms with Crippen LogP contribution in [-0.4, -0.2) is 4.57 Å². The third kappa shape index (κ3) is 2.71. The fraction of sp³-hybridized carbons (Fsp3) is 0.0714. The number of hydrogen-bond acceptors (Lipinski definition) is 0. The van der Waals surface area contributed by atoms with Crippen molar-refractivity contribution in [3.63, 3.8) is 0 Å². The molecule has 0 N–H and O–H groups in total. The number of pyridine rings is 1. The topological polar surface area (TPSA) is 9.03 Å². The molecule has 5 heteroatoms. The normalized spacial score (nSPS) is 10.4. The third-order valence-electron chi connectivity index (χ3n) is 2.96. The number of nitrogens with zero attached hydrogens (tertiary/aromatic N) is 2. The number of benzene rings is 1. The molecule has 0 spiro atoms. The number of halogens is 3. The Morgan fingerprint density at radius 2 is 1.68 bits per heavy atom. The molecule has 98 valence electrons. The maximum Gasteiger partial charge on any atom is 0.286 e. The lowest BCUT2D eigenvalue weighted by Crippen LogP contribution is -3.00. The van der Waals surface area contributed by atoms with Crippen molar-refractivity contribution in [3.8, 4) is 0 Å². The molecule has 0 atom stereocenters. The van der Waals surface area contributed by atoms with Crippen LogP contribution in [0.2, 0.25) is 10.0 Å². The van der Waals surface area contributed by atoms with E-state index in [0.29, 0.717) is 16.6 Å². The lowest BCUT2D eigenvalue weighted by molar-refractivity contribution is -0.510. The summed E-state index contributed by atoms with van der Waals surface area (Å²) in [6.07, 6.45) is 6.05. The highest BCUT2D eigenvalue weighted by Crippen LogP contribution is 2.25. The molecular formula is C14H11Cl3N2. The van der Waals surface area contributed by atoms with Crippen molar-refractivity contribution in [2.75, 3.05) is 0 Å². The minimum atomic E-state index is 0. The van der Waals surface area contributed by atoms with Gasteiger partial charge in [0.15, 0.2) is 0 Å². The summed E-state index contributed by atoms with van der Waals surface area (Å²) in [6.45, 7) is 0.666. The third-order valence-corrected chi connectivity index (χ3v) is 3.67. The predicted octanol–water partition coefficient (Wildman–Crippen LogP) is 0.586. The van der Waals surface area contributed by atoms with Gasteiger partial charge in [0, 0.05) is 21.7 Å². The van der Waals surface area contributed by atoms with Gasteiger partial charge < -0.3 is 12.4 Å². The Morgan fingerprint density at radius 3 is 2.42 bits per heavy atom. The van der Waals surface area contributed by atoms with Crippen molar-refractivity contribution in [1.82, 2.24) is 4.57 Å². The SMILES string of the molecule is Clc1cccc(Cl)c1Cn1cc[n+]2ccccc12.[Cl-]. The van der Waals surface area contributed by atoms with Gasteiger partial charge in [-0.1, -0.05) is 35.3 Å². The molecule has 1 aromatic carbocycles. The highest BCUT2D eigenvalue weighted by atomic mass is 35.5. The average molecular weight is 314 g/mol. The van der Waals surface area contributed by atoms with Gasteiger partial charge in [-0.05, 0) is 18.2 Å². The van der Waals surface area contributed by atoms with Gasteiger partial charge in [-0.3, -0.25) is 0 Å². The molecule has 2 heterocycles. The van der Waals surface area contributed by atoms with Crippen molar-refractivity contribution in [1.29, 1.82) is 0 Å². The van der Waals surface area contributed by atoms with Gasteiger partial charge in [0.25, 0.3) is 5.65 Å². The minimum absolute atomic E-state index is 0. The number of aromatic nitrogens is 2. The number of fused-ring (bicyclic) bond motifs is 1. The standard InChI is InChI=1S/C14H11Cl2N2.ClH/c15-12-4-3-5-13(16)11(12)10-18-9-8-17-7-2-1-6-14(17)18;/h1-9H,10H2;1H/q+1;/p-1. The second-order valence-electron chi connectivity index (χ2n) is 4.09. The summed E-state index contributed by atoms with van der Waals surface area (Å²) in [4.78, 5) is 0. The average Bonchev–Trinajstić information content (AvgIpc) is 2.77. The Kier molecular flexibility index (Phi) is 4.35. The summed E-state index contributed by atoms with van der Waals surface area (Å²) >= 11 is 12.4. The van der Waals surface area contributed by atoms with Crippen molar-refractivity contribution < 1.29 is 16.8 Å². The van der Waals surface area contributed by atoms with E-state index in [4.69, 9.17) is 23.2 Å². The molecule has 3 aromatic rings. The molecule has 19 heavy (non-hydrogen) atoms. The molecule has 0 fully saturated rings. The van der Waals surface area contributed by atoms with Gasteiger partial charge in [0.1, 0.15) is 18.9 Å². The summed E-state index contributed by atoms with van der Waals surface area (Å²) in [7, 11) is 0. The van der Waals surface area contributed by atoms with Gasteiger partial charge in [-0.15, -0.1) is 0 Å². The van der Waals surface area contributed by atoms with E-state index >= 15 is 0 Å². The summed E-state index contributed by atoms with van der Waals surface area (Å²) in [5.41, 5.74) is 2.05. The van der Waals surface area contributed by atoms with Gasteiger partial charge >= 0.3 is 0 Å². The summed E-state index contributed by atoms with van der Waals surface area (Å²) in [5.74, 6) is 0. The maximum absolute atomic E-state index is 6.19. The molecule has 0 aliphatic heterocycles. The second-order valence-corrected chi connectivity index (χ2v) is 4.91. The highest BCUT2D eigenvalue weighted by Gasteiger charge is 2.13. The van der Waals surface area contributed by atoms with E-state index in [0.717, 1.165) is 11.2 Å². The van der Waals surface area contributed by atoms with Crippen molar-refractivity contribution in [3.05, 3.63) is 70.6 Å². The second kappa shape index (κ2) is 5.83. The Balaban J connectivity index is 0.00000133. The van der Waals surface area contributed by atoms with Crippen LogP contribution in [0.25, 0.3) is 5.65 Å². The maximum atomic E-state index is 6.19. The lowest BCUT2D eigenvalue weighted by Gasteiger charge is -2.04. The molecule has 2 nitrogen and oxygen atoms in total. The molecule has 0 saturated heterocycles. The molecular weight excluding hydrogens is 303 g/mol. The summed E-state index contributed by atoms with van der Waals surface area (Å²) in [5, 5.41) is 1.40. The Morgan fingerprint density at radius 1 is 0.947 bits per heavy atom. The Bertz CT molecular complexity index is 686. The number of rotatable bonds is 2. The zero-order valence-corrected chi connectivity index (χ0v) is 12.2. The minimum Gasteiger partial charge on any atom is -1.00 e. The van der Waals surface area contributed by atoms with Crippen LogP contribution < -0.4 is 16.8 Å². The van der Waals surface area contributed by atoms with Crippen LogP contribution in [0.1, 0.15) is 5.56 Å². The van der Waals surface area contributed by atoms with Crippen molar-refractivity contribution in [2.45, 2.75) is 6.54 Å². The summed E-state index contributed by atoms with van der Waals surface area (Å²) in [6, 6.07) is 11.7. The van der Waals surface area contributed by atoms with Gasteiger partial charge in [-0.25, -0.2) is 8.97 Å². The fourth-order valence-electron chi connectivity index (χ4n) is 2.03. The first-order valence-electron chi connectivity index (χ1n) is 5.64. The lowest BCUT2D eigenvalue weighted by atomic mass is 10.2. The number of hydrogen-bond donors (Lipinski definition) is 0. The Hall–Kier alpha value is -1.22. The van der Waals surface area contributed by atoms with Crippen LogP contribution in [0.4, 0.5) is 0 Å². The van der Waals surface area contributed by atoms with Gasteiger partial charge in [0.2, 0.25) is 0 Å². The van der Waals surface area contributed by atoms with Crippen LogP contribution in [-0.2, 0) is 6.54 Å². The molecule has 3 rings (SSSR count). The van der Waals surface area contributed by atoms with E-state index in [9.17, 15) is 0 Å². The van der Waals surface area contributed by atoms with Crippen molar-refractivity contribution in [2.24, 2.45) is 0 Å². The Labute approximate surface area is 127 Å². The summed E-state index contributed by atoms with van der Waals surface area (Å²) < 4.78 is 4.18. The predicted molar refractivity (Wildman–Crippen MR) is 73.2 cm³/mol. The van der Waals surface area contributed by atoms with Crippen LogP contribution in [0, 0.1) is 0 Å². The zero-order valence-electron chi connectivity index (χ0n) is 9.93. The van der Waals surface area contributed by atoms with Crippen LogP contribution >= 0.6 is 23.2 Å². The molecule has 0 aliphatic rings. The largest absolute Gasteiger partial charge is 1.00 e. The first kappa shape index (κ1) is 14.2. The van der Waals surface area contributed by atoms with Gasteiger partial charge in [-0.2, -0.15) is 0 Å². The van der Waals surface area contributed by atoms with Crippen LogP contribution in [0.3, 0.4) is 0 Å². The monoisotopic (exact) mass is 312 g/mol. The molecule has 0 amide bonds. The van der Waals surface area contributed by atoms with E-state index in [1.807, 2.05) is 48.9 Å². The van der Waals surface area contributed by atoms with E-state index in [1.54, 1.807) is 0 Å². The van der Waals surface area contributed by atoms with Gasteiger partial charge in [0.05, 0.1) is 6.20 Å². The van der Waals surface area contributed by atoms with Crippen LogP contribution in [0.5, 0.6) is 0 Å². The van der Waals surface area contributed by atoms with E-state index in [2.05, 4.69) is 15.0 Å². The molecule has 0 bridgehead atoms. The molecule has 0 unspecified atom stereocenters. The van der Waals surface area contributed by atoms with E-state index in [-0.39, 0.29) is 12.4 Å². The van der Waals surface area contributed by atoms with Crippen molar-refractivity contribution >= 4 is 28.8 Å². The fourth-order valence-corrected chi connectivity index (χ4v) is 2.55. The molecule has 0 radical (unpaired) electrons. The molecule has 2 aromatic heterocycles. The van der Waals surface area contributed by atoms with E-state index < -0.39 is 0 Å². The highest BCUT2D eigenvalue weighted by molar-refractivity contribution is 6.35. The molecule has 0 aliphatic carbocycles. The first-order valence-corrected chi connectivity index (χ1v) is 6.39. The smallest absolute Gasteiger partial charge is 0.286 e. The zero-order chi connectivity index (χ0) is 12.5. The molecule has 0 saturated carbocycles. The first-order chi connectivity index (χ1) is 8.75. The number of imidazole rings is 1. The van der Waals surface area contributed by atoms with E-state index in [1.165, 1.54) is 0 Å². The van der Waals surface area contributed by atoms with Crippen LogP contribution in [0.15, 0.2) is 55.0 Å². The quantitative estimate of drug-likeness (QED) is 0.612.